The molecule has 1 heterocycles. The van der Waals surface area contributed by atoms with E-state index < -0.39 is 11.1 Å². The van der Waals surface area contributed by atoms with Crippen molar-refractivity contribution >= 4 is 33.2 Å². The number of amides is 1. The molecule has 0 spiro atoms. The maximum Gasteiger partial charge on any atom is 0.270 e. The van der Waals surface area contributed by atoms with Crippen LogP contribution in [0.2, 0.25) is 0 Å². The number of hydrogen-bond acceptors (Lipinski definition) is 5. The zero-order valence-electron chi connectivity index (χ0n) is 20.1. The summed E-state index contributed by atoms with van der Waals surface area (Å²) >= 11 is 3.59. The highest BCUT2D eigenvalue weighted by Crippen LogP contribution is 2.44. The van der Waals surface area contributed by atoms with Crippen molar-refractivity contribution in [2.24, 2.45) is 0 Å². The number of carbonyl (C=O) groups excluding carboxylic acids is 1. The summed E-state index contributed by atoms with van der Waals surface area (Å²) in [4.78, 5) is 29.1. The van der Waals surface area contributed by atoms with Crippen LogP contribution in [0, 0.1) is 10.1 Å². The molecule has 1 aliphatic rings. The van der Waals surface area contributed by atoms with Gasteiger partial charge in [0.2, 0.25) is 0 Å². The van der Waals surface area contributed by atoms with Crippen LogP contribution in [0.5, 0.6) is 5.75 Å². The number of ether oxygens (including phenoxy) is 1. The quantitative estimate of drug-likeness (QED) is 0.186. The standard InChI is InChI=1S/C29H24BrN3O4/c1-37-27-15-12-22(30)16-25(27)28-31(18-20-8-4-2-5-9-20)26-14-13-23(33(35)36)17-24(26)29(34)32(28)19-21-10-6-3-7-11-21/h2-17,28H,18-19H2,1H3/t28-/m1/s1. The first-order chi connectivity index (χ1) is 18.0. The molecule has 0 saturated carbocycles. The Bertz CT molecular complexity index is 1450. The number of nitrogens with zero attached hydrogens (tertiary/aromatic N) is 3. The number of benzene rings is 4. The Kier molecular flexibility index (Phi) is 6.92. The summed E-state index contributed by atoms with van der Waals surface area (Å²) in [6.45, 7) is 0.790. The van der Waals surface area contributed by atoms with Crippen LogP contribution in [0.15, 0.2) is 102 Å². The van der Waals surface area contributed by atoms with Crippen LogP contribution < -0.4 is 9.64 Å². The fourth-order valence-corrected chi connectivity index (χ4v) is 5.14. The number of nitro benzene ring substituents is 1. The third kappa shape index (κ3) is 4.93. The number of anilines is 1. The van der Waals surface area contributed by atoms with Crippen molar-refractivity contribution in [1.82, 2.24) is 4.90 Å². The van der Waals surface area contributed by atoms with Gasteiger partial charge in [0.15, 0.2) is 0 Å². The minimum absolute atomic E-state index is 0.120. The molecule has 4 aromatic rings. The van der Waals surface area contributed by atoms with Gasteiger partial charge >= 0.3 is 0 Å². The fourth-order valence-electron chi connectivity index (χ4n) is 4.76. The molecule has 0 saturated heterocycles. The van der Waals surface area contributed by atoms with Crippen molar-refractivity contribution < 1.29 is 14.5 Å². The third-order valence-electron chi connectivity index (χ3n) is 6.44. The highest BCUT2D eigenvalue weighted by Gasteiger charge is 2.41. The molecule has 1 aliphatic heterocycles. The lowest BCUT2D eigenvalue weighted by Crippen LogP contribution is -2.49. The summed E-state index contributed by atoms with van der Waals surface area (Å²) in [6.07, 6.45) is -0.533. The first kappa shape index (κ1) is 24.5. The van der Waals surface area contributed by atoms with Crippen LogP contribution in [-0.4, -0.2) is 22.8 Å². The predicted molar refractivity (Wildman–Crippen MR) is 145 cm³/mol. The molecule has 0 aromatic heterocycles. The minimum atomic E-state index is -0.533. The molecule has 1 atom stereocenters. The second-order valence-electron chi connectivity index (χ2n) is 8.75. The molecule has 4 aromatic carbocycles. The lowest BCUT2D eigenvalue weighted by Gasteiger charge is -2.46. The highest BCUT2D eigenvalue weighted by molar-refractivity contribution is 9.10. The molecule has 1 amide bonds. The monoisotopic (exact) mass is 557 g/mol. The molecule has 0 bridgehead atoms. The van der Waals surface area contributed by atoms with E-state index in [9.17, 15) is 14.9 Å². The van der Waals surface area contributed by atoms with Gasteiger partial charge in [-0.3, -0.25) is 14.9 Å². The average molecular weight is 558 g/mol. The van der Waals surface area contributed by atoms with Gasteiger partial charge in [0.25, 0.3) is 11.6 Å². The van der Waals surface area contributed by atoms with Gasteiger partial charge in [0.1, 0.15) is 11.9 Å². The molecular formula is C29H24BrN3O4. The summed E-state index contributed by atoms with van der Waals surface area (Å²) in [5, 5.41) is 11.6. The lowest BCUT2D eigenvalue weighted by molar-refractivity contribution is -0.384. The Hall–Kier alpha value is -4.17. The maximum atomic E-state index is 14.1. The number of rotatable bonds is 7. The Balaban J connectivity index is 1.74. The highest BCUT2D eigenvalue weighted by atomic mass is 79.9. The van der Waals surface area contributed by atoms with Crippen LogP contribution in [0.4, 0.5) is 11.4 Å². The Morgan fingerprint density at radius 3 is 2.08 bits per heavy atom. The van der Waals surface area contributed by atoms with Crippen LogP contribution >= 0.6 is 15.9 Å². The number of carbonyl (C=O) groups is 1. The molecule has 7 nitrogen and oxygen atoms in total. The minimum Gasteiger partial charge on any atom is -0.496 e. The zero-order chi connectivity index (χ0) is 25.9. The summed E-state index contributed by atoms with van der Waals surface area (Å²) in [5.74, 6) is 0.362. The number of hydrogen-bond donors (Lipinski definition) is 0. The molecule has 0 unspecified atom stereocenters. The third-order valence-corrected chi connectivity index (χ3v) is 6.94. The van der Waals surface area contributed by atoms with Gasteiger partial charge in [-0.05, 0) is 35.4 Å². The lowest BCUT2D eigenvalue weighted by atomic mass is 9.98. The van der Waals surface area contributed by atoms with E-state index in [1.807, 2.05) is 78.9 Å². The SMILES string of the molecule is COc1ccc(Br)cc1[C@H]1N(Cc2ccccc2)C(=O)c2cc([N+](=O)[O-])ccc2N1Cc1ccccc1. The van der Waals surface area contributed by atoms with E-state index in [-0.39, 0.29) is 11.6 Å². The molecule has 0 radical (unpaired) electrons. The maximum absolute atomic E-state index is 14.1. The average Bonchev–Trinajstić information content (AvgIpc) is 2.92. The number of fused-ring (bicyclic) bond motifs is 1. The van der Waals surface area contributed by atoms with Crippen LogP contribution in [0.1, 0.15) is 33.2 Å². The molecule has 5 rings (SSSR count). The first-order valence-electron chi connectivity index (χ1n) is 11.7. The Labute approximate surface area is 223 Å². The van der Waals surface area contributed by atoms with Crippen LogP contribution in [0.25, 0.3) is 0 Å². The van der Waals surface area contributed by atoms with Crippen molar-refractivity contribution in [1.29, 1.82) is 0 Å². The van der Waals surface area contributed by atoms with Crippen molar-refractivity contribution in [2.75, 3.05) is 12.0 Å². The van der Waals surface area contributed by atoms with Crippen molar-refractivity contribution in [3.8, 4) is 5.75 Å². The zero-order valence-corrected chi connectivity index (χ0v) is 21.7. The molecule has 0 fully saturated rings. The van der Waals surface area contributed by atoms with Gasteiger partial charge < -0.3 is 14.5 Å². The summed E-state index contributed by atoms with van der Waals surface area (Å²) in [7, 11) is 1.61. The van der Waals surface area contributed by atoms with Crippen LogP contribution in [0.3, 0.4) is 0 Å². The molecule has 8 heteroatoms. The number of halogens is 1. The molecule has 186 valence electrons. The second kappa shape index (κ2) is 10.4. The largest absolute Gasteiger partial charge is 0.496 e. The molecule has 0 N–H and O–H groups in total. The van der Waals surface area contributed by atoms with Crippen molar-refractivity contribution in [3.05, 3.63) is 134 Å². The van der Waals surface area contributed by atoms with Gasteiger partial charge in [-0.25, -0.2) is 0 Å². The van der Waals surface area contributed by atoms with E-state index in [4.69, 9.17) is 4.74 Å². The molecule has 0 aliphatic carbocycles. The van der Waals surface area contributed by atoms with E-state index in [1.165, 1.54) is 12.1 Å². The summed E-state index contributed by atoms with van der Waals surface area (Å²) in [5.41, 5.74) is 3.61. The van der Waals surface area contributed by atoms with E-state index in [1.54, 1.807) is 18.1 Å². The van der Waals surface area contributed by atoms with Crippen LogP contribution in [-0.2, 0) is 13.1 Å². The number of methoxy groups -OCH3 is 1. The smallest absolute Gasteiger partial charge is 0.270 e. The molecule has 37 heavy (non-hydrogen) atoms. The predicted octanol–water partition coefficient (Wildman–Crippen LogP) is 6.73. The van der Waals surface area contributed by atoms with E-state index in [0.29, 0.717) is 30.1 Å². The van der Waals surface area contributed by atoms with Crippen molar-refractivity contribution in [2.45, 2.75) is 19.3 Å². The van der Waals surface area contributed by atoms with E-state index >= 15 is 0 Å². The van der Waals surface area contributed by atoms with Gasteiger partial charge in [-0.15, -0.1) is 0 Å². The molecular weight excluding hydrogens is 534 g/mol. The topological polar surface area (TPSA) is 75.9 Å². The summed E-state index contributed by atoms with van der Waals surface area (Å²) < 4.78 is 6.60. The van der Waals surface area contributed by atoms with Gasteiger partial charge in [0.05, 0.1) is 23.3 Å². The summed E-state index contributed by atoms with van der Waals surface area (Å²) in [6, 6.07) is 29.9. The van der Waals surface area contributed by atoms with Gasteiger partial charge in [-0.2, -0.15) is 0 Å². The Morgan fingerprint density at radius 1 is 0.865 bits per heavy atom. The fraction of sp³-hybridized carbons (Fsp3) is 0.138. The second-order valence-corrected chi connectivity index (χ2v) is 9.67. The number of nitro groups is 1. The van der Waals surface area contributed by atoms with Crippen molar-refractivity contribution in [3.63, 3.8) is 0 Å². The Morgan fingerprint density at radius 2 is 1.49 bits per heavy atom. The van der Waals surface area contributed by atoms with E-state index in [2.05, 4.69) is 20.8 Å². The first-order valence-corrected chi connectivity index (χ1v) is 12.5. The normalized spacial score (nSPS) is 14.9. The van der Waals surface area contributed by atoms with E-state index in [0.717, 1.165) is 21.2 Å². The van der Waals surface area contributed by atoms with Gasteiger partial charge in [0, 0.05) is 35.3 Å². The van der Waals surface area contributed by atoms with Gasteiger partial charge in [-0.1, -0.05) is 76.6 Å². The number of non-ortho nitro benzene ring substituents is 1.